The van der Waals surface area contributed by atoms with Crippen molar-refractivity contribution in [2.45, 2.75) is 6.92 Å². The van der Waals surface area contributed by atoms with Crippen molar-refractivity contribution in [1.29, 1.82) is 0 Å². The summed E-state index contributed by atoms with van der Waals surface area (Å²) in [5, 5.41) is 18.8. The van der Waals surface area contributed by atoms with Crippen LogP contribution in [0.1, 0.15) is 15.9 Å². The Balaban J connectivity index is 1.95. The summed E-state index contributed by atoms with van der Waals surface area (Å²) in [5.74, 6) is -0.489. The van der Waals surface area contributed by atoms with Crippen LogP contribution in [0, 0.1) is 17.0 Å². The Hall–Kier alpha value is -4.07. The van der Waals surface area contributed by atoms with Gasteiger partial charge >= 0.3 is 11.7 Å². The lowest BCUT2D eigenvalue weighted by Gasteiger charge is -2.10. The van der Waals surface area contributed by atoms with Crippen molar-refractivity contribution in [3.8, 4) is 22.3 Å². The fourth-order valence-electron chi connectivity index (χ4n) is 3.17. The zero-order valence-electron chi connectivity index (χ0n) is 15.6. The first-order valence-electron chi connectivity index (χ1n) is 8.68. The van der Waals surface area contributed by atoms with Crippen molar-refractivity contribution in [3.05, 3.63) is 75.8 Å². The number of non-ortho nitro benzene ring substituents is 1. The third-order valence-electron chi connectivity index (χ3n) is 4.64. The minimum atomic E-state index is -0.543. The van der Waals surface area contributed by atoms with Gasteiger partial charge in [-0.15, -0.1) is 0 Å². The van der Waals surface area contributed by atoms with E-state index >= 15 is 0 Å². The Morgan fingerprint density at radius 1 is 0.966 bits per heavy atom. The predicted molar refractivity (Wildman–Crippen MR) is 105 cm³/mol. The first-order chi connectivity index (χ1) is 14.0. The standard InChI is InChI=1S/C21H15N3O5/c1-12-3-5-13(6-4-12)14-9-15(11-16(10-14)21(25)28-2)17-7-8-18(24(26)27)20-19(17)22-29-23-20/h3-11H,1-2H3. The number of rotatable bonds is 4. The molecule has 0 bridgehead atoms. The highest BCUT2D eigenvalue weighted by atomic mass is 16.6. The molecule has 0 atom stereocenters. The highest BCUT2D eigenvalue weighted by Crippen LogP contribution is 2.35. The second-order valence-corrected chi connectivity index (χ2v) is 6.51. The largest absolute Gasteiger partial charge is 0.465 e. The van der Waals surface area contributed by atoms with Gasteiger partial charge in [0.15, 0.2) is 0 Å². The summed E-state index contributed by atoms with van der Waals surface area (Å²) >= 11 is 0. The number of carbonyl (C=O) groups is 1. The number of nitrogens with zero attached hydrogens (tertiary/aromatic N) is 3. The summed E-state index contributed by atoms with van der Waals surface area (Å²) in [6.07, 6.45) is 0. The highest BCUT2D eigenvalue weighted by Gasteiger charge is 2.21. The number of ether oxygens (including phenoxy) is 1. The molecule has 3 aromatic carbocycles. The fraction of sp³-hybridized carbons (Fsp3) is 0.0952. The van der Waals surface area contributed by atoms with Gasteiger partial charge in [-0.25, -0.2) is 9.42 Å². The zero-order chi connectivity index (χ0) is 20.5. The lowest BCUT2D eigenvalue weighted by atomic mass is 9.95. The Bertz CT molecular complexity index is 1250. The quantitative estimate of drug-likeness (QED) is 0.286. The summed E-state index contributed by atoms with van der Waals surface area (Å²) < 4.78 is 9.63. The van der Waals surface area contributed by atoms with Gasteiger partial charge in [-0.2, -0.15) is 0 Å². The molecule has 4 aromatic rings. The number of benzene rings is 3. The van der Waals surface area contributed by atoms with Crippen LogP contribution in [0.5, 0.6) is 0 Å². The van der Waals surface area contributed by atoms with Crippen molar-refractivity contribution in [2.24, 2.45) is 0 Å². The Morgan fingerprint density at radius 2 is 1.66 bits per heavy atom. The van der Waals surface area contributed by atoms with E-state index in [1.807, 2.05) is 37.3 Å². The first kappa shape index (κ1) is 18.3. The molecule has 0 saturated carbocycles. The summed E-state index contributed by atoms with van der Waals surface area (Å²) in [4.78, 5) is 22.9. The van der Waals surface area contributed by atoms with Crippen LogP contribution in [0.25, 0.3) is 33.3 Å². The second-order valence-electron chi connectivity index (χ2n) is 6.51. The summed E-state index contributed by atoms with van der Waals surface area (Å²) in [6, 6.07) is 16.1. The van der Waals surface area contributed by atoms with E-state index in [4.69, 9.17) is 9.37 Å². The van der Waals surface area contributed by atoms with Gasteiger partial charge in [0.1, 0.15) is 5.52 Å². The van der Waals surface area contributed by atoms with Crippen molar-refractivity contribution >= 4 is 22.7 Å². The molecule has 0 fully saturated rings. The van der Waals surface area contributed by atoms with Crippen molar-refractivity contribution in [3.63, 3.8) is 0 Å². The second kappa shape index (κ2) is 7.16. The third kappa shape index (κ3) is 3.31. The third-order valence-corrected chi connectivity index (χ3v) is 4.64. The number of nitro benzene ring substituents is 1. The molecule has 0 saturated heterocycles. The molecule has 8 nitrogen and oxygen atoms in total. The van der Waals surface area contributed by atoms with E-state index in [0.717, 1.165) is 16.7 Å². The van der Waals surface area contributed by atoms with E-state index in [-0.39, 0.29) is 16.7 Å². The lowest BCUT2D eigenvalue weighted by Crippen LogP contribution is -2.02. The Labute approximate surface area is 164 Å². The molecule has 0 aliphatic rings. The maximum atomic E-state index is 12.2. The van der Waals surface area contributed by atoms with Gasteiger partial charge in [-0.3, -0.25) is 10.1 Å². The number of hydrogen-bond donors (Lipinski definition) is 0. The van der Waals surface area contributed by atoms with Gasteiger partial charge in [0, 0.05) is 11.6 Å². The van der Waals surface area contributed by atoms with Crippen molar-refractivity contribution in [1.82, 2.24) is 10.3 Å². The smallest absolute Gasteiger partial charge is 0.337 e. The molecule has 0 N–H and O–H groups in total. The fourth-order valence-corrected chi connectivity index (χ4v) is 3.17. The molecule has 0 aliphatic heterocycles. The van der Waals surface area contributed by atoms with Crippen LogP contribution in [0.2, 0.25) is 0 Å². The van der Waals surface area contributed by atoms with Gasteiger partial charge in [0.2, 0.25) is 5.52 Å². The molecular formula is C21H15N3O5. The van der Waals surface area contributed by atoms with Crippen LogP contribution in [0.15, 0.2) is 59.2 Å². The molecule has 0 unspecified atom stereocenters. The normalized spacial score (nSPS) is 10.8. The number of fused-ring (bicyclic) bond motifs is 1. The molecule has 4 rings (SSSR count). The minimum Gasteiger partial charge on any atom is -0.465 e. The van der Waals surface area contributed by atoms with E-state index in [1.54, 1.807) is 18.2 Å². The number of nitro groups is 1. The maximum absolute atomic E-state index is 12.2. The molecule has 8 heteroatoms. The van der Waals surface area contributed by atoms with Crippen LogP contribution in [0.4, 0.5) is 5.69 Å². The average Bonchev–Trinajstić information content (AvgIpc) is 3.22. The SMILES string of the molecule is COC(=O)c1cc(-c2ccc(C)cc2)cc(-c2ccc([N+](=O)[O-])c3nonc23)c1. The number of carbonyl (C=O) groups excluding carboxylic acids is 1. The summed E-state index contributed by atoms with van der Waals surface area (Å²) in [5.41, 5.74) is 4.47. The van der Waals surface area contributed by atoms with Gasteiger partial charge in [0.05, 0.1) is 17.6 Å². The van der Waals surface area contributed by atoms with Crippen molar-refractivity contribution < 1.29 is 19.1 Å². The number of hydrogen-bond acceptors (Lipinski definition) is 7. The van der Waals surface area contributed by atoms with Gasteiger partial charge < -0.3 is 4.74 Å². The molecule has 0 radical (unpaired) electrons. The number of aromatic nitrogens is 2. The molecule has 0 amide bonds. The highest BCUT2D eigenvalue weighted by molar-refractivity contribution is 5.99. The van der Waals surface area contributed by atoms with Crippen LogP contribution in [-0.4, -0.2) is 28.3 Å². The van der Waals surface area contributed by atoms with Crippen LogP contribution in [0.3, 0.4) is 0 Å². The van der Waals surface area contributed by atoms with Crippen LogP contribution < -0.4 is 0 Å². The summed E-state index contributed by atoms with van der Waals surface area (Å²) in [6.45, 7) is 1.99. The average molecular weight is 389 g/mol. The van der Waals surface area contributed by atoms with E-state index in [1.165, 1.54) is 13.2 Å². The molecule has 0 spiro atoms. The van der Waals surface area contributed by atoms with E-state index < -0.39 is 10.9 Å². The topological polar surface area (TPSA) is 108 Å². The van der Waals surface area contributed by atoms with Crippen LogP contribution >= 0.6 is 0 Å². The number of methoxy groups -OCH3 is 1. The molecule has 1 heterocycles. The van der Waals surface area contributed by atoms with Gasteiger partial charge in [-0.1, -0.05) is 29.8 Å². The minimum absolute atomic E-state index is 0.0489. The number of aryl methyl sites for hydroxylation is 1. The lowest BCUT2D eigenvalue weighted by molar-refractivity contribution is -0.383. The van der Waals surface area contributed by atoms with Gasteiger partial charge in [-0.05, 0) is 58.2 Å². The van der Waals surface area contributed by atoms with E-state index in [9.17, 15) is 14.9 Å². The maximum Gasteiger partial charge on any atom is 0.337 e. The predicted octanol–water partition coefficient (Wildman–Crippen LogP) is 4.56. The molecule has 144 valence electrons. The monoisotopic (exact) mass is 389 g/mol. The van der Waals surface area contributed by atoms with Crippen LogP contribution in [-0.2, 0) is 4.74 Å². The number of esters is 1. The first-order valence-corrected chi connectivity index (χ1v) is 8.68. The molecule has 0 aliphatic carbocycles. The summed E-state index contributed by atoms with van der Waals surface area (Å²) in [7, 11) is 1.31. The van der Waals surface area contributed by atoms with Crippen molar-refractivity contribution in [2.75, 3.05) is 7.11 Å². The molecule has 1 aromatic heterocycles. The molecule has 29 heavy (non-hydrogen) atoms. The Kier molecular flexibility index (Phi) is 4.52. The zero-order valence-corrected chi connectivity index (χ0v) is 15.6. The van der Waals surface area contributed by atoms with E-state index in [0.29, 0.717) is 16.7 Å². The van der Waals surface area contributed by atoms with Gasteiger partial charge in [0.25, 0.3) is 0 Å². The van der Waals surface area contributed by atoms with E-state index in [2.05, 4.69) is 10.3 Å². The molecular weight excluding hydrogens is 374 g/mol. The Morgan fingerprint density at radius 3 is 2.34 bits per heavy atom.